The molecule has 31 heavy (non-hydrogen) atoms. The number of nitrogens with zero attached hydrogens (tertiary/aromatic N) is 2. The Morgan fingerprint density at radius 1 is 0.742 bits per heavy atom. The summed E-state index contributed by atoms with van der Waals surface area (Å²) in [5.41, 5.74) is 0. The summed E-state index contributed by atoms with van der Waals surface area (Å²) in [7, 11) is 7.72. The van der Waals surface area contributed by atoms with Gasteiger partial charge in [0.1, 0.15) is 0 Å². The molecule has 10 nitrogen and oxygen atoms in total. The van der Waals surface area contributed by atoms with Crippen LogP contribution in [0.1, 0.15) is 25.7 Å². The van der Waals surface area contributed by atoms with Crippen LogP contribution in [0, 0.1) is 0 Å². The Labute approximate surface area is 187 Å². The van der Waals surface area contributed by atoms with Crippen LogP contribution in [0.25, 0.3) is 0 Å². The van der Waals surface area contributed by atoms with Gasteiger partial charge in [0.15, 0.2) is 0 Å². The predicted molar refractivity (Wildman–Crippen MR) is 117 cm³/mol. The van der Waals surface area contributed by atoms with Crippen molar-refractivity contribution in [1.29, 1.82) is 0 Å². The SMILES string of the molecule is C=CC(=O)OCCCC[N+](C)(C)C.C=CC(=O)OCCCC[N+](C)(C)C.O=S(=O)([O-])[O-]. The van der Waals surface area contributed by atoms with Gasteiger partial charge in [0, 0.05) is 22.6 Å². The maximum absolute atomic E-state index is 10.6. The normalized spacial score (nSPS) is 11.1. The lowest BCUT2D eigenvalue weighted by atomic mass is 10.3. The standard InChI is InChI=1S/2C10H20NO2.H2O4S/c2*1-5-10(12)13-9-7-6-8-11(2,3)4;1-5(2,3)4/h2*5H,1,6-9H2,2-4H3;(H2,1,2,3,4)/q2*+1;/p-2. The third-order valence-electron chi connectivity index (χ3n) is 3.27. The maximum Gasteiger partial charge on any atom is 0.330 e. The summed E-state index contributed by atoms with van der Waals surface area (Å²) in [6, 6.07) is 0. The van der Waals surface area contributed by atoms with E-state index in [0.29, 0.717) is 13.2 Å². The molecule has 0 aliphatic heterocycles. The first-order chi connectivity index (χ1) is 13.9. The molecule has 0 rings (SSSR count). The number of unbranched alkanes of at least 4 members (excludes halogenated alkanes) is 2. The first kappa shape index (κ1) is 33.8. The molecule has 0 heterocycles. The first-order valence-corrected chi connectivity index (χ1v) is 11.1. The van der Waals surface area contributed by atoms with E-state index in [0.717, 1.165) is 47.7 Å². The van der Waals surface area contributed by atoms with Crippen molar-refractivity contribution < 1.29 is 45.6 Å². The Morgan fingerprint density at radius 3 is 1.19 bits per heavy atom. The van der Waals surface area contributed by atoms with E-state index in [1.807, 2.05) is 0 Å². The molecule has 184 valence electrons. The van der Waals surface area contributed by atoms with Gasteiger partial charge in [-0.05, 0) is 25.7 Å². The molecule has 0 aromatic carbocycles. The zero-order valence-electron chi connectivity index (χ0n) is 19.8. The van der Waals surface area contributed by atoms with Crippen molar-refractivity contribution in [3.05, 3.63) is 25.3 Å². The zero-order valence-corrected chi connectivity index (χ0v) is 20.6. The largest absolute Gasteiger partial charge is 0.759 e. The molecule has 0 spiro atoms. The van der Waals surface area contributed by atoms with E-state index in [2.05, 4.69) is 55.4 Å². The summed E-state index contributed by atoms with van der Waals surface area (Å²) in [6.45, 7) is 9.86. The summed E-state index contributed by atoms with van der Waals surface area (Å²) >= 11 is 0. The van der Waals surface area contributed by atoms with Gasteiger partial charge < -0.3 is 27.5 Å². The van der Waals surface area contributed by atoms with E-state index < -0.39 is 10.4 Å². The van der Waals surface area contributed by atoms with Crippen molar-refractivity contribution in [3.8, 4) is 0 Å². The summed E-state index contributed by atoms with van der Waals surface area (Å²) < 4.78 is 45.7. The minimum atomic E-state index is -5.17. The lowest BCUT2D eigenvalue weighted by Gasteiger charge is -2.23. The molecule has 0 aliphatic carbocycles. The second kappa shape index (κ2) is 17.8. The van der Waals surface area contributed by atoms with Crippen LogP contribution in [0.15, 0.2) is 25.3 Å². The number of quaternary nitrogens is 2. The molecule has 0 fully saturated rings. The van der Waals surface area contributed by atoms with Gasteiger partial charge in [0.05, 0.1) is 68.6 Å². The van der Waals surface area contributed by atoms with Crippen molar-refractivity contribution >= 4 is 22.3 Å². The topological polar surface area (TPSA) is 133 Å². The van der Waals surface area contributed by atoms with Gasteiger partial charge in [-0.1, -0.05) is 13.2 Å². The van der Waals surface area contributed by atoms with Crippen LogP contribution >= 0.6 is 0 Å². The number of hydrogen-bond acceptors (Lipinski definition) is 8. The summed E-state index contributed by atoms with van der Waals surface area (Å²) in [5.74, 6) is -0.657. The maximum atomic E-state index is 10.6. The molecular formula is C20H40N2O8S. The van der Waals surface area contributed by atoms with Gasteiger partial charge in [0.25, 0.3) is 0 Å². The quantitative estimate of drug-likeness (QED) is 0.104. The molecule has 0 aromatic heterocycles. The summed E-state index contributed by atoms with van der Waals surface area (Å²) in [5, 5.41) is 0. The van der Waals surface area contributed by atoms with Gasteiger partial charge in [-0.15, -0.1) is 0 Å². The first-order valence-electron chi connectivity index (χ1n) is 9.77. The van der Waals surface area contributed by atoms with E-state index in [-0.39, 0.29) is 11.9 Å². The van der Waals surface area contributed by atoms with Crippen LogP contribution in [-0.2, 0) is 29.5 Å². The van der Waals surface area contributed by atoms with E-state index in [4.69, 9.17) is 27.0 Å². The Hall–Kier alpha value is -1.79. The predicted octanol–water partition coefficient (Wildman–Crippen LogP) is 1.07. The molecule has 0 radical (unpaired) electrons. The highest BCUT2D eigenvalue weighted by Crippen LogP contribution is 1.98. The van der Waals surface area contributed by atoms with Crippen molar-refractivity contribution in [1.82, 2.24) is 0 Å². The van der Waals surface area contributed by atoms with Crippen LogP contribution < -0.4 is 0 Å². The van der Waals surface area contributed by atoms with Crippen molar-refractivity contribution in [3.63, 3.8) is 0 Å². The van der Waals surface area contributed by atoms with Gasteiger partial charge in [-0.25, -0.2) is 9.59 Å². The van der Waals surface area contributed by atoms with E-state index in [9.17, 15) is 9.59 Å². The highest BCUT2D eigenvalue weighted by molar-refractivity contribution is 7.79. The van der Waals surface area contributed by atoms with Gasteiger partial charge in [0.2, 0.25) is 0 Å². The van der Waals surface area contributed by atoms with Crippen molar-refractivity contribution in [2.24, 2.45) is 0 Å². The Bertz CT molecular complexity index is 572. The Balaban J connectivity index is -0.000000416. The molecule has 0 saturated carbocycles. The molecule has 11 heteroatoms. The lowest BCUT2D eigenvalue weighted by molar-refractivity contribution is -0.870. The number of ether oxygens (including phenoxy) is 2. The second-order valence-electron chi connectivity index (χ2n) is 8.59. The van der Waals surface area contributed by atoms with Crippen LogP contribution in [0.5, 0.6) is 0 Å². The third kappa shape index (κ3) is 47.4. The monoisotopic (exact) mass is 468 g/mol. The Kier molecular flexibility index (Phi) is 19.5. The van der Waals surface area contributed by atoms with E-state index >= 15 is 0 Å². The minimum absolute atomic E-state index is 0.328. The highest BCUT2D eigenvalue weighted by Gasteiger charge is 2.06. The average Bonchev–Trinajstić information content (AvgIpc) is 2.57. The highest BCUT2D eigenvalue weighted by atomic mass is 32.3. The van der Waals surface area contributed by atoms with Crippen LogP contribution in [0.4, 0.5) is 0 Å². The summed E-state index contributed by atoms with van der Waals surface area (Å²) in [6.07, 6.45) is 6.39. The summed E-state index contributed by atoms with van der Waals surface area (Å²) in [4.78, 5) is 21.3. The third-order valence-corrected chi connectivity index (χ3v) is 3.27. The molecule has 0 bridgehead atoms. The van der Waals surface area contributed by atoms with E-state index in [1.54, 1.807) is 0 Å². The fraction of sp³-hybridized carbons (Fsp3) is 0.700. The molecule has 0 N–H and O–H groups in total. The van der Waals surface area contributed by atoms with Gasteiger partial charge >= 0.3 is 11.9 Å². The second-order valence-corrected chi connectivity index (χ2v) is 9.41. The molecule has 0 atom stereocenters. The van der Waals surface area contributed by atoms with Gasteiger partial charge in [-0.2, -0.15) is 0 Å². The fourth-order valence-electron chi connectivity index (χ4n) is 1.84. The van der Waals surface area contributed by atoms with Crippen molar-refractivity contribution in [2.45, 2.75) is 25.7 Å². The van der Waals surface area contributed by atoms with E-state index in [1.165, 1.54) is 12.2 Å². The number of carbonyl (C=O) groups is 2. The fourth-order valence-corrected chi connectivity index (χ4v) is 1.84. The number of esters is 2. The van der Waals surface area contributed by atoms with Crippen LogP contribution in [-0.4, -0.2) is 107 Å². The molecule has 0 amide bonds. The van der Waals surface area contributed by atoms with Crippen molar-refractivity contribution in [2.75, 3.05) is 68.6 Å². The van der Waals surface area contributed by atoms with Crippen LogP contribution in [0.2, 0.25) is 0 Å². The minimum Gasteiger partial charge on any atom is -0.759 e. The van der Waals surface area contributed by atoms with Gasteiger partial charge in [-0.3, -0.25) is 8.42 Å². The number of rotatable bonds is 12. The smallest absolute Gasteiger partial charge is 0.330 e. The molecule has 0 unspecified atom stereocenters. The average molecular weight is 469 g/mol. The number of hydrogen-bond donors (Lipinski definition) is 0. The number of carbonyl (C=O) groups excluding carboxylic acids is 2. The van der Waals surface area contributed by atoms with Crippen LogP contribution in [0.3, 0.4) is 0 Å². The molecular weight excluding hydrogens is 428 g/mol. The lowest BCUT2D eigenvalue weighted by Crippen LogP contribution is -2.35. The molecule has 0 aliphatic rings. The molecule has 0 saturated heterocycles. The Morgan fingerprint density at radius 2 is 1.00 bits per heavy atom. The zero-order chi connectivity index (χ0) is 25.1. The molecule has 0 aromatic rings.